The highest BCUT2D eigenvalue weighted by molar-refractivity contribution is 5.93. The standard InChI is InChI=1S/C27H34N4O3/c1-19(32)30-12-7-24(8-13-30)31-11-6-21-16-27(33)29-25-15-20(22-3-2-10-28-17-22)4-5-26(25)34-14-9-23(21)18-31/h2-5,10,15,17,21,23-24H,6-9,11-14,16,18H2,1H3,(H,29,33)/t21-,23-/m0/s1. The first kappa shape index (κ1) is 22.8. The number of hydrogen-bond acceptors (Lipinski definition) is 5. The maximum Gasteiger partial charge on any atom is 0.224 e. The summed E-state index contributed by atoms with van der Waals surface area (Å²) in [4.78, 5) is 33.5. The molecule has 34 heavy (non-hydrogen) atoms. The highest BCUT2D eigenvalue weighted by Gasteiger charge is 2.35. The van der Waals surface area contributed by atoms with Crippen LogP contribution in [0.3, 0.4) is 0 Å². The molecule has 5 rings (SSSR count). The van der Waals surface area contributed by atoms with E-state index in [1.165, 1.54) is 0 Å². The Morgan fingerprint density at radius 1 is 1.06 bits per heavy atom. The first-order valence-electron chi connectivity index (χ1n) is 12.5. The molecule has 0 saturated carbocycles. The SMILES string of the molecule is CC(=O)N1CCC(N2CC[C@H]3CC(=O)Nc4cc(-c5cccnc5)ccc4OCC[C@H]3C2)CC1. The molecule has 1 aromatic carbocycles. The summed E-state index contributed by atoms with van der Waals surface area (Å²) in [5, 5.41) is 3.13. The quantitative estimate of drug-likeness (QED) is 0.735. The molecule has 2 aromatic rings. The van der Waals surface area contributed by atoms with Crippen LogP contribution in [0.2, 0.25) is 0 Å². The zero-order valence-electron chi connectivity index (χ0n) is 19.9. The number of carbonyl (C=O) groups is 2. The fourth-order valence-electron chi connectivity index (χ4n) is 5.81. The second-order valence-corrected chi connectivity index (χ2v) is 9.88. The van der Waals surface area contributed by atoms with Crippen LogP contribution in [0.25, 0.3) is 11.1 Å². The molecule has 0 aliphatic carbocycles. The molecule has 0 radical (unpaired) electrons. The number of fused-ring (bicyclic) bond motifs is 2. The summed E-state index contributed by atoms with van der Waals surface area (Å²) in [6.07, 6.45) is 8.20. The van der Waals surface area contributed by atoms with Crippen LogP contribution in [-0.4, -0.2) is 65.4 Å². The number of amides is 2. The zero-order chi connectivity index (χ0) is 23.5. The first-order valence-corrected chi connectivity index (χ1v) is 12.5. The largest absolute Gasteiger partial charge is 0.491 e. The molecule has 1 N–H and O–H groups in total. The van der Waals surface area contributed by atoms with E-state index in [2.05, 4.69) is 15.2 Å². The lowest BCUT2D eigenvalue weighted by Crippen LogP contribution is -2.51. The summed E-state index contributed by atoms with van der Waals surface area (Å²) >= 11 is 0. The number of hydrogen-bond donors (Lipinski definition) is 1. The van der Waals surface area contributed by atoms with Gasteiger partial charge in [0.2, 0.25) is 11.8 Å². The zero-order valence-corrected chi connectivity index (χ0v) is 19.9. The minimum Gasteiger partial charge on any atom is -0.491 e. The molecule has 7 nitrogen and oxygen atoms in total. The van der Waals surface area contributed by atoms with Crippen LogP contribution in [0.15, 0.2) is 42.7 Å². The molecule has 4 heterocycles. The Kier molecular flexibility index (Phi) is 6.81. The number of benzene rings is 1. The molecule has 2 fully saturated rings. The minimum absolute atomic E-state index is 0.0632. The Morgan fingerprint density at radius 2 is 1.91 bits per heavy atom. The second kappa shape index (κ2) is 10.1. The molecule has 0 spiro atoms. The Hall–Kier alpha value is -2.93. The van der Waals surface area contributed by atoms with E-state index >= 15 is 0 Å². The van der Waals surface area contributed by atoms with Crippen molar-refractivity contribution in [3.05, 3.63) is 42.7 Å². The van der Waals surface area contributed by atoms with Gasteiger partial charge in [0.05, 0.1) is 12.3 Å². The van der Waals surface area contributed by atoms with Gasteiger partial charge in [0, 0.05) is 57.0 Å². The number of ether oxygens (including phenoxy) is 1. The predicted molar refractivity (Wildman–Crippen MR) is 131 cm³/mol. The van der Waals surface area contributed by atoms with Crippen LogP contribution >= 0.6 is 0 Å². The summed E-state index contributed by atoms with van der Waals surface area (Å²) in [6, 6.07) is 10.4. The third-order valence-corrected chi connectivity index (χ3v) is 7.79. The molecule has 2 atom stereocenters. The monoisotopic (exact) mass is 462 g/mol. The van der Waals surface area contributed by atoms with Gasteiger partial charge in [0.1, 0.15) is 5.75 Å². The van der Waals surface area contributed by atoms with Crippen molar-refractivity contribution < 1.29 is 14.3 Å². The molecular formula is C27H34N4O3. The molecule has 180 valence electrons. The van der Waals surface area contributed by atoms with Gasteiger partial charge >= 0.3 is 0 Å². The van der Waals surface area contributed by atoms with E-state index in [-0.39, 0.29) is 11.8 Å². The minimum atomic E-state index is 0.0632. The number of pyridine rings is 1. The van der Waals surface area contributed by atoms with E-state index < -0.39 is 0 Å². The van der Waals surface area contributed by atoms with Crippen LogP contribution in [-0.2, 0) is 9.59 Å². The molecule has 3 aliphatic rings. The average Bonchev–Trinajstić information content (AvgIpc) is 2.86. The van der Waals surface area contributed by atoms with E-state index in [4.69, 9.17) is 4.74 Å². The maximum absolute atomic E-state index is 13.0. The average molecular weight is 463 g/mol. The Bertz CT molecular complexity index is 1020. The maximum atomic E-state index is 13.0. The van der Waals surface area contributed by atoms with Crippen molar-refractivity contribution in [2.45, 2.75) is 45.1 Å². The smallest absolute Gasteiger partial charge is 0.224 e. The van der Waals surface area contributed by atoms with Crippen molar-refractivity contribution >= 4 is 17.5 Å². The number of carbonyl (C=O) groups excluding carboxylic acids is 2. The van der Waals surface area contributed by atoms with E-state index in [9.17, 15) is 9.59 Å². The third kappa shape index (κ3) is 5.09. The Balaban J connectivity index is 1.26. The van der Waals surface area contributed by atoms with Crippen molar-refractivity contribution in [2.24, 2.45) is 11.8 Å². The predicted octanol–water partition coefficient (Wildman–Crippen LogP) is 3.81. The fraction of sp³-hybridized carbons (Fsp3) is 0.519. The van der Waals surface area contributed by atoms with E-state index in [0.717, 1.165) is 74.4 Å². The van der Waals surface area contributed by atoms with Gasteiger partial charge in [-0.05, 0) is 67.8 Å². The number of nitrogens with one attached hydrogen (secondary N) is 1. The fourth-order valence-corrected chi connectivity index (χ4v) is 5.81. The molecule has 2 amide bonds. The van der Waals surface area contributed by atoms with Crippen molar-refractivity contribution in [2.75, 3.05) is 38.1 Å². The van der Waals surface area contributed by atoms with Crippen molar-refractivity contribution in [1.29, 1.82) is 0 Å². The number of aromatic nitrogens is 1. The summed E-state index contributed by atoms with van der Waals surface area (Å²) < 4.78 is 6.18. The van der Waals surface area contributed by atoms with Crippen molar-refractivity contribution in [3.8, 4) is 16.9 Å². The van der Waals surface area contributed by atoms with Crippen LogP contribution in [0.4, 0.5) is 5.69 Å². The molecule has 7 heteroatoms. The lowest BCUT2D eigenvalue weighted by molar-refractivity contribution is -0.130. The van der Waals surface area contributed by atoms with E-state index in [1.807, 2.05) is 41.4 Å². The summed E-state index contributed by atoms with van der Waals surface area (Å²) in [7, 11) is 0. The molecule has 2 saturated heterocycles. The topological polar surface area (TPSA) is 74.8 Å². The van der Waals surface area contributed by atoms with Crippen molar-refractivity contribution in [1.82, 2.24) is 14.8 Å². The van der Waals surface area contributed by atoms with Gasteiger partial charge in [0.15, 0.2) is 0 Å². The Morgan fingerprint density at radius 3 is 2.68 bits per heavy atom. The van der Waals surface area contributed by atoms with E-state index in [0.29, 0.717) is 30.9 Å². The lowest BCUT2D eigenvalue weighted by atomic mass is 9.80. The third-order valence-electron chi connectivity index (χ3n) is 7.79. The highest BCUT2D eigenvalue weighted by Crippen LogP contribution is 2.36. The molecule has 1 aromatic heterocycles. The van der Waals surface area contributed by atoms with Gasteiger partial charge < -0.3 is 15.0 Å². The number of likely N-dealkylation sites (tertiary alicyclic amines) is 2. The van der Waals surface area contributed by atoms with Gasteiger partial charge in [-0.1, -0.05) is 12.1 Å². The van der Waals surface area contributed by atoms with Crippen LogP contribution < -0.4 is 10.1 Å². The van der Waals surface area contributed by atoms with Gasteiger partial charge in [-0.25, -0.2) is 0 Å². The van der Waals surface area contributed by atoms with Gasteiger partial charge in [-0.3, -0.25) is 19.5 Å². The molecular weight excluding hydrogens is 428 g/mol. The summed E-state index contributed by atoms with van der Waals surface area (Å²) in [6.45, 7) is 6.06. The number of anilines is 1. The number of piperidine rings is 2. The molecule has 0 bridgehead atoms. The van der Waals surface area contributed by atoms with E-state index in [1.54, 1.807) is 13.1 Å². The number of rotatable bonds is 2. The molecule has 3 aliphatic heterocycles. The normalized spacial score (nSPS) is 24.4. The summed E-state index contributed by atoms with van der Waals surface area (Å²) in [5.74, 6) is 1.79. The van der Waals surface area contributed by atoms with Gasteiger partial charge in [-0.15, -0.1) is 0 Å². The van der Waals surface area contributed by atoms with Crippen LogP contribution in [0.5, 0.6) is 5.75 Å². The van der Waals surface area contributed by atoms with Crippen molar-refractivity contribution in [3.63, 3.8) is 0 Å². The summed E-state index contributed by atoms with van der Waals surface area (Å²) in [5.41, 5.74) is 2.76. The van der Waals surface area contributed by atoms with Gasteiger partial charge in [-0.2, -0.15) is 0 Å². The van der Waals surface area contributed by atoms with Crippen LogP contribution in [0.1, 0.15) is 39.0 Å². The molecule has 0 unspecified atom stereocenters. The first-order chi connectivity index (χ1) is 16.6. The van der Waals surface area contributed by atoms with Gasteiger partial charge in [0.25, 0.3) is 0 Å². The Labute approximate surface area is 201 Å². The number of nitrogens with zero attached hydrogens (tertiary/aromatic N) is 3. The lowest BCUT2D eigenvalue weighted by Gasteiger charge is -2.45. The highest BCUT2D eigenvalue weighted by atomic mass is 16.5. The second-order valence-electron chi connectivity index (χ2n) is 9.88. The van der Waals surface area contributed by atoms with Crippen LogP contribution in [0, 0.1) is 11.8 Å².